The Morgan fingerprint density at radius 2 is 1.91 bits per heavy atom. The fraction of sp³-hybridized carbons (Fsp3) is 0.0741. The molecule has 5 rings (SSSR count). The van der Waals surface area contributed by atoms with Crippen LogP contribution in [0.25, 0.3) is 22.0 Å². The Kier molecular flexibility index (Phi) is 6.54. The molecule has 0 spiro atoms. The number of nitrogens with one attached hydrogen (secondary N) is 1. The number of amides is 1. The lowest BCUT2D eigenvalue weighted by molar-refractivity contribution is 0.103. The number of nitrogens with zero attached hydrogens (tertiary/aromatic N) is 2. The molecule has 0 aliphatic heterocycles. The van der Waals surface area contributed by atoms with Crippen molar-refractivity contribution >= 4 is 22.9 Å². The van der Waals surface area contributed by atoms with E-state index in [1.165, 1.54) is 11.3 Å². The lowest BCUT2D eigenvalue weighted by atomic mass is 10.1. The Bertz CT molecular complexity index is 1420. The van der Waals surface area contributed by atoms with E-state index in [0.717, 1.165) is 11.1 Å². The Morgan fingerprint density at radius 1 is 1.03 bits per heavy atom. The number of aromatic nitrogens is 2. The molecule has 0 aliphatic rings. The highest BCUT2D eigenvalue weighted by atomic mass is 32.1. The van der Waals surface area contributed by atoms with Gasteiger partial charge in [-0.15, -0.1) is 11.3 Å². The number of hydrogen-bond acceptors (Lipinski definition) is 7. The zero-order chi connectivity index (χ0) is 24.0. The van der Waals surface area contributed by atoms with Gasteiger partial charge in [0.05, 0.1) is 19.1 Å². The summed E-state index contributed by atoms with van der Waals surface area (Å²) in [6, 6.07) is 22.3. The average molecular weight is 484 g/mol. The van der Waals surface area contributed by atoms with E-state index >= 15 is 0 Å². The van der Waals surface area contributed by atoms with Crippen molar-refractivity contribution in [3.63, 3.8) is 0 Å². The maximum atomic E-state index is 13.4. The first-order valence-electron chi connectivity index (χ1n) is 10.8. The van der Waals surface area contributed by atoms with Crippen LogP contribution < -0.4 is 14.8 Å². The van der Waals surface area contributed by atoms with Gasteiger partial charge in [0, 0.05) is 35.3 Å². The normalized spacial score (nSPS) is 10.7. The Hall–Kier alpha value is -4.43. The second-order valence-electron chi connectivity index (χ2n) is 7.51. The number of thiazole rings is 1. The molecule has 8 heteroatoms. The molecule has 35 heavy (non-hydrogen) atoms. The number of carbonyl (C=O) groups is 1. The van der Waals surface area contributed by atoms with E-state index in [4.69, 9.17) is 18.9 Å². The second-order valence-corrected chi connectivity index (χ2v) is 8.51. The average Bonchev–Trinajstić information content (AvgIpc) is 3.59. The minimum absolute atomic E-state index is 0.275. The van der Waals surface area contributed by atoms with Gasteiger partial charge < -0.3 is 19.2 Å². The number of hydrogen-bond donors (Lipinski definition) is 1. The van der Waals surface area contributed by atoms with Crippen LogP contribution in [0.2, 0.25) is 0 Å². The quantitative estimate of drug-likeness (QED) is 0.279. The summed E-state index contributed by atoms with van der Waals surface area (Å²) in [4.78, 5) is 22.7. The summed E-state index contributed by atoms with van der Waals surface area (Å²) >= 11 is 1.28. The van der Waals surface area contributed by atoms with Crippen molar-refractivity contribution in [2.75, 3.05) is 12.4 Å². The number of benzene rings is 2. The fourth-order valence-corrected chi connectivity index (χ4v) is 4.42. The summed E-state index contributed by atoms with van der Waals surface area (Å²) in [5.41, 5.74) is 2.94. The first kappa shape index (κ1) is 22.4. The van der Waals surface area contributed by atoms with Crippen LogP contribution in [-0.2, 0) is 6.61 Å². The standard InChI is InChI=1S/C27H21N3O4S/c1-32-21-12-11-20(15-23(21)34-17-18-7-5-13-28-16-18)29-26(31)25-24(19-8-3-2-4-9-19)30-27(35-25)22-10-6-14-33-22/h2-16H,17H2,1H3,(H,29,31). The molecule has 7 nitrogen and oxygen atoms in total. The lowest BCUT2D eigenvalue weighted by Gasteiger charge is -2.13. The number of carbonyl (C=O) groups excluding carboxylic acids is 1. The van der Waals surface area contributed by atoms with Crippen LogP contribution in [0, 0.1) is 0 Å². The number of furan rings is 1. The van der Waals surface area contributed by atoms with Crippen molar-refractivity contribution in [2.24, 2.45) is 0 Å². The number of rotatable bonds is 8. The highest BCUT2D eigenvalue weighted by Gasteiger charge is 2.22. The van der Waals surface area contributed by atoms with Crippen molar-refractivity contribution in [3.8, 4) is 33.5 Å². The van der Waals surface area contributed by atoms with Crippen LogP contribution in [-0.4, -0.2) is 23.0 Å². The molecule has 1 amide bonds. The molecule has 0 unspecified atom stereocenters. The molecule has 0 fully saturated rings. The first-order valence-corrected chi connectivity index (χ1v) is 11.6. The maximum absolute atomic E-state index is 13.4. The van der Waals surface area contributed by atoms with Gasteiger partial charge >= 0.3 is 0 Å². The highest BCUT2D eigenvalue weighted by Crippen LogP contribution is 2.36. The maximum Gasteiger partial charge on any atom is 0.268 e. The van der Waals surface area contributed by atoms with Crippen LogP contribution in [0.5, 0.6) is 11.5 Å². The smallest absolute Gasteiger partial charge is 0.268 e. The summed E-state index contributed by atoms with van der Waals surface area (Å²) in [5, 5.41) is 3.60. The van der Waals surface area contributed by atoms with Crippen LogP contribution in [0.1, 0.15) is 15.2 Å². The minimum Gasteiger partial charge on any atom is -0.493 e. The fourth-order valence-electron chi connectivity index (χ4n) is 3.47. The largest absolute Gasteiger partial charge is 0.493 e. The molecule has 1 N–H and O–H groups in total. The van der Waals surface area contributed by atoms with Gasteiger partial charge in [0.15, 0.2) is 22.3 Å². The first-order chi connectivity index (χ1) is 17.2. The molecule has 0 aliphatic carbocycles. The van der Waals surface area contributed by atoms with Gasteiger partial charge in [-0.05, 0) is 30.3 Å². The van der Waals surface area contributed by atoms with E-state index in [-0.39, 0.29) is 5.91 Å². The summed E-state index contributed by atoms with van der Waals surface area (Å²) in [5.74, 6) is 1.41. The molecule has 0 atom stereocenters. The van der Waals surface area contributed by atoms with E-state index in [1.54, 1.807) is 50.0 Å². The molecule has 0 saturated heterocycles. The zero-order valence-electron chi connectivity index (χ0n) is 18.8. The highest BCUT2D eigenvalue weighted by molar-refractivity contribution is 7.17. The molecule has 0 bridgehead atoms. The number of methoxy groups -OCH3 is 1. The molecule has 2 aromatic carbocycles. The van der Waals surface area contributed by atoms with Gasteiger partial charge in [0.1, 0.15) is 11.5 Å². The van der Waals surface area contributed by atoms with Crippen LogP contribution in [0.4, 0.5) is 5.69 Å². The SMILES string of the molecule is COc1ccc(NC(=O)c2sc(-c3ccco3)nc2-c2ccccc2)cc1OCc1cccnc1. The molecular weight excluding hydrogens is 462 g/mol. The topological polar surface area (TPSA) is 86.5 Å². The van der Waals surface area contributed by atoms with E-state index in [2.05, 4.69) is 10.3 Å². The Labute approximate surface area is 206 Å². The predicted molar refractivity (Wildman–Crippen MR) is 135 cm³/mol. The van der Waals surface area contributed by atoms with E-state index < -0.39 is 0 Å². The lowest BCUT2D eigenvalue weighted by Crippen LogP contribution is -2.11. The molecule has 0 radical (unpaired) electrons. The predicted octanol–water partition coefficient (Wildman–Crippen LogP) is 6.31. The third kappa shape index (κ3) is 5.07. The Morgan fingerprint density at radius 3 is 2.66 bits per heavy atom. The Balaban J connectivity index is 1.42. The number of ether oxygens (including phenoxy) is 2. The summed E-state index contributed by atoms with van der Waals surface area (Å²) in [7, 11) is 1.57. The monoisotopic (exact) mass is 483 g/mol. The summed E-state index contributed by atoms with van der Waals surface area (Å²) in [6.07, 6.45) is 5.04. The van der Waals surface area contributed by atoms with Gasteiger partial charge in [-0.3, -0.25) is 9.78 Å². The van der Waals surface area contributed by atoms with Gasteiger partial charge in [0.2, 0.25) is 0 Å². The summed E-state index contributed by atoms with van der Waals surface area (Å²) in [6.45, 7) is 0.321. The number of anilines is 1. The summed E-state index contributed by atoms with van der Waals surface area (Å²) < 4.78 is 16.9. The van der Waals surface area contributed by atoms with Crippen molar-refractivity contribution in [3.05, 3.63) is 102 Å². The van der Waals surface area contributed by atoms with Gasteiger partial charge in [-0.1, -0.05) is 36.4 Å². The van der Waals surface area contributed by atoms with Crippen LogP contribution in [0.15, 0.2) is 95.9 Å². The van der Waals surface area contributed by atoms with E-state index in [1.807, 2.05) is 48.5 Å². The van der Waals surface area contributed by atoms with Crippen molar-refractivity contribution < 1.29 is 18.7 Å². The van der Waals surface area contributed by atoms with Crippen molar-refractivity contribution in [1.29, 1.82) is 0 Å². The van der Waals surface area contributed by atoms with Gasteiger partial charge in [-0.25, -0.2) is 4.98 Å². The van der Waals surface area contributed by atoms with E-state index in [0.29, 0.717) is 45.1 Å². The second kappa shape index (κ2) is 10.2. The van der Waals surface area contributed by atoms with Crippen molar-refractivity contribution in [2.45, 2.75) is 6.61 Å². The molecule has 0 saturated carbocycles. The van der Waals surface area contributed by atoms with E-state index in [9.17, 15) is 4.79 Å². The van der Waals surface area contributed by atoms with Crippen LogP contribution in [0.3, 0.4) is 0 Å². The van der Waals surface area contributed by atoms with Gasteiger partial charge in [0.25, 0.3) is 5.91 Å². The molecule has 174 valence electrons. The minimum atomic E-state index is -0.275. The molecule has 3 aromatic heterocycles. The van der Waals surface area contributed by atoms with Gasteiger partial charge in [-0.2, -0.15) is 0 Å². The zero-order valence-corrected chi connectivity index (χ0v) is 19.6. The third-order valence-electron chi connectivity index (χ3n) is 5.15. The molecular formula is C27H21N3O4S. The molecule has 5 aromatic rings. The van der Waals surface area contributed by atoms with Crippen molar-refractivity contribution in [1.82, 2.24) is 9.97 Å². The number of pyridine rings is 1. The third-order valence-corrected chi connectivity index (χ3v) is 6.22. The van der Waals surface area contributed by atoms with Crippen LogP contribution >= 0.6 is 11.3 Å². The molecule has 3 heterocycles.